The molecule has 0 unspecified atom stereocenters. The zero-order valence-electron chi connectivity index (χ0n) is 71.7. The number of rotatable bonds is 54. The smallest absolute Gasteiger partial charge is 0.321 e. The molecule has 0 bridgehead atoms. The quantitative estimate of drug-likeness (QED) is 0.0134. The summed E-state index contributed by atoms with van der Waals surface area (Å²) < 4.78 is 22.3. The summed E-state index contributed by atoms with van der Waals surface area (Å²) in [6.07, 6.45) is 1.39. The standard InChI is InChI=1S/C93H116N18O17/c1-2-79(114)96-45-52-111(53-46-97-82(115)71-31-35-73(36-32-71)84(117)99-48-55-125-59-61-127-57-50-103-92(123)109-90(94)101-43-15-25-77(86(119)105-63-65-27-39-75(112)40-28-65)107-88(121)80(67-17-7-3-8-18-67)68-19-9-4-10-20-68)54-47-98-83(116)72-33-37-74(38-34-72)85(118)100-49-56-126-60-62-128-58-51-104-93(124)110-91(95)102-44-16-26-78(87(120)106-64-66-29-41-76(113)42-30-66)108-89(122)81(69-21-11-5-12-22-69)70-23-13-6-14-24-70/h3-14,17-24,27-42,77-78,80-81,112-113H,2,15-16,25-26,43-64H2,1H3,(H,96,114)(H,97,115)(H,98,116)(H,99,117)(H,100,118)(H,105,119)(H,106,120)(H,107,121)(H,108,122)(H4,94,101,103,109,123)(H4,95,102,104,110,124)/t77-,78-/m1/s1. The van der Waals surface area contributed by atoms with Crippen molar-refractivity contribution in [1.82, 2.24) is 84.7 Å². The lowest BCUT2D eigenvalue weighted by atomic mass is 9.90. The Labute approximate surface area is 743 Å². The van der Waals surface area contributed by atoms with Gasteiger partial charge in [0.25, 0.3) is 23.6 Å². The normalized spacial score (nSPS) is 11.3. The largest absolute Gasteiger partial charge is 0.508 e. The maximum atomic E-state index is 14.0. The minimum Gasteiger partial charge on any atom is -0.508 e. The van der Waals surface area contributed by atoms with Gasteiger partial charge in [-0.05, 0) is 132 Å². The SMILES string of the molecule is CCC(=O)NCCN(CCNC(=O)c1ccc(C(=O)NCCOCCOCCNC(=O)NC(=N)NCCC[C@@H](NC(=O)C(c2ccccc2)c2ccccc2)C(=O)NCc2ccc(O)cc2)cc1)CCNC(=O)c1ccc(C(=O)NCCOCCOCCNC(=O)NC(=N)NCCC[C@@H](NC(=O)C(c2ccccc2)c2ccccc2)C(=O)NCc2ccc(O)cc2)cc1. The number of hydrogen-bond donors (Lipinski definition) is 19. The number of ether oxygens (including phenoxy) is 4. The number of phenols is 2. The highest BCUT2D eigenvalue weighted by atomic mass is 16.5. The second kappa shape index (κ2) is 56.7. The van der Waals surface area contributed by atoms with Crippen LogP contribution in [0.5, 0.6) is 11.5 Å². The Bertz CT molecular complexity index is 4430. The molecule has 35 heteroatoms. The van der Waals surface area contributed by atoms with Crippen molar-refractivity contribution in [2.75, 3.05) is 131 Å². The monoisotopic (exact) mass is 1760 g/mol. The molecule has 0 saturated carbocycles. The number of nitrogens with zero attached hydrogens (tertiary/aromatic N) is 1. The Morgan fingerprint density at radius 3 is 0.914 bits per heavy atom. The number of carbonyl (C=O) groups excluding carboxylic acids is 11. The Morgan fingerprint density at radius 1 is 0.320 bits per heavy atom. The highest BCUT2D eigenvalue weighted by Crippen LogP contribution is 2.27. The molecule has 8 aromatic rings. The van der Waals surface area contributed by atoms with Crippen LogP contribution in [0.15, 0.2) is 218 Å². The van der Waals surface area contributed by atoms with Gasteiger partial charge in [0.15, 0.2) is 11.9 Å². The van der Waals surface area contributed by atoms with Crippen LogP contribution >= 0.6 is 0 Å². The molecule has 8 rings (SSSR count). The third-order valence-electron chi connectivity index (χ3n) is 19.7. The maximum Gasteiger partial charge on any atom is 0.321 e. The highest BCUT2D eigenvalue weighted by Gasteiger charge is 2.30. The fourth-order valence-electron chi connectivity index (χ4n) is 12.9. The molecule has 0 saturated heterocycles. The molecule has 128 heavy (non-hydrogen) atoms. The first-order chi connectivity index (χ1) is 62.2. The second-order valence-electron chi connectivity index (χ2n) is 29.2. The Morgan fingerprint density at radius 2 is 0.609 bits per heavy atom. The van der Waals surface area contributed by atoms with Crippen molar-refractivity contribution in [2.24, 2.45) is 0 Å². The van der Waals surface area contributed by atoms with Crippen molar-refractivity contribution in [3.05, 3.63) is 274 Å². The Balaban J connectivity index is 0.622. The minimum absolute atomic E-state index is 0.0897. The summed E-state index contributed by atoms with van der Waals surface area (Å²) >= 11 is 0. The molecule has 35 nitrogen and oxygen atoms in total. The van der Waals surface area contributed by atoms with E-state index in [1.54, 1.807) is 31.2 Å². The summed E-state index contributed by atoms with van der Waals surface area (Å²) in [5, 5.41) is 77.4. The molecule has 0 spiro atoms. The van der Waals surface area contributed by atoms with Gasteiger partial charge >= 0.3 is 12.1 Å². The number of guanidine groups is 2. The van der Waals surface area contributed by atoms with Crippen LogP contribution in [-0.4, -0.2) is 236 Å². The molecule has 0 aliphatic carbocycles. The zero-order chi connectivity index (χ0) is 91.3. The number of amides is 13. The predicted octanol–water partition coefficient (Wildman–Crippen LogP) is 5.09. The van der Waals surface area contributed by atoms with Crippen LogP contribution < -0.4 is 79.8 Å². The average molecular weight is 1760 g/mol. The molecule has 0 aliphatic heterocycles. The zero-order valence-corrected chi connectivity index (χ0v) is 71.7. The molecule has 0 aliphatic rings. The average Bonchev–Trinajstić information content (AvgIpc) is 0.823. The molecule has 0 fully saturated rings. The van der Waals surface area contributed by atoms with Crippen LogP contribution in [-0.2, 0) is 56.0 Å². The van der Waals surface area contributed by atoms with Gasteiger partial charge in [0.2, 0.25) is 29.5 Å². The fourth-order valence-corrected chi connectivity index (χ4v) is 12.9. The number of aromatic hydroxyl groups is 2. The van der Waals surface area contributed by atoms with Gasteiger partial charge in [0.1, 0.15) is 23.6 Å². The molecule has 19 N–H and O–H groups in total. The van der Waals surface area contributed by atoms with Gasteiger partial charge in [0.05, 0.1) is 64.7 Å². The molecule has 0 aromatic heterocycles. The lowest BCUT2D eigenvalue weighted by molar-refractivity contribution is -0.129. The summed E-state index contributed by atoms with van der Waals surface area (Å²) in [6, 6.07) is 59.0. The van der Waals surface area contributed by atoms with E-state index in [-0.39, 0.29) is 196 Å². The van der Waals surface area contributed by atoms with E-state index in [9.17, 15) is 63.0 Å². The van der Waals surface area contributed by atoms with Crippen molar-refractivity contribution in [2.45, 2.75) is 76.0 Å². The summed E-state index contributed by atoms with van der Waals surface area (Å²) in [4.78, 5) is 147. The number of hydrogen-bond acceptors (Lipinski definition) is 20. The summed E-state index contributed by atoms with van der Waals surface area (Å²) in [6.45, 7) is 6.50. The number of phenolic OH excluding ortho intramolecular Hbond substituents is 2. The van der Waals surface area contributed by atoms with Gasteiger partial charge in [-0.1, -0.05) is 153 Å². The topological polar surface area (TPSA) is 497 Å². The van der Waals surface area contributed by atoms with Crippen LogP contribution in [0.2, 0.25) is 0 Å². The first kappa shape index (κ1) is 99.3. The molecule has 680 valence electrons. The van der Waals surface area contributed by atoms with Gasteiger partial charge < -0.3 is 98.3 Å². The Hall–Kier alpha value is -14.1. The molecule has 8 aromatic carbocycles. The number of nitrogens with one attached hydrogen (secondary N) is 17. The first-order valence-corrected chi connectivity index (χ1v) is 42.5. The van der Waals surface area contributed by atoms with E-state index >= 15 is 0 Å². The molecular formula is C93H116N18O17. The lowest BCUT2D eigenvalue weighted by Crippen LogP contribution is -2.49. The van der Waals surface area contributed by atoms with Crippen LogP contribution in [0.4, 0.5) is 9.59 Å². The van der Waals surface area contributed by atoms with Gasteiger partial charge in [0, 0.05) is 120 Å². The number of carbonyl (C=O) groups is 11. The van der Waals surface area contributed by atoms with Gasteiger partial charge in [-0.2, -0.15) is 0 Å². The van der Waals surface area contributed by atoms with Crippen molar-refractivity contribution in [3.63, 3.8) is 0 Å². The number of urea groups is 2. The molecule has 13 amide bonds. The van der Waals surface area contributed by atoms with E-state index in [4.69, 9.17) is 29.8 Å². The predicted molar refractivity (Wildman–Crippen MR) is 481 cm³/mol. The highest BCUT2D eigenvalue weighted by molar-refractivity contribution is 6.00. The van der Waals surface area contributed by atoms with E-state index in [0.29, 0.717) is 67.7 Å². The molecule has 2 atom stereocenters. The van der Waals surface area contributed by atoms with Crippen LogP contribution in [0.1, 0.15) is 126 Å². The van der Waals surface area contributed by atoms with Gasteiger partial charge in [-0.3, -0.25) is 69.5 Å². The van der Waals surface area contributed by atoms with Crippen LogP contribution in [0.25, 0.3) is 0 Å². The lowest BCUT2D eigenvalue weighted by Gasteiger charge is -2.23. The van der Waals surface area contributed by atoms with E-state index in [1.807, 2.05) is 126 Å². The van der Waals surface area contributed by atoms with E-state index in [2.05, 4.69) is 79.8 Å². The van der Waals surface area contributed by atoms with Crippen molar-refractivity contribution < 1.29 is 81.9 Å². The third-order valence-corrected chi connectivity index (χ3v) is 19.7. The second-order valence-corrected chi connectivity index (χ2v) is 29.2. The maximum absolute atomic E-state index is 14.0. The molecular weight excluding hydrogens is 1640 g/mol. The van der Waals surface area contributed by atoms with Crippen LogP contribution in [0, 0.1) is 10.8 Å². The summed E-state index contributed by atoms with van der Waals surface area (Å²) in [7, 11) is 0. The van der Waals surface area contributed by atoms with Crippen LogP contribution in [0.3, 0.4) is 0 Å². The molecule has 0 radical (unpaired) electrons. The van der Waals surface area contributed by atoms with E-state index in [1.165, 1.54) is 72.8 Å². The van der Waals surface area contributed by atoms with E-state index < -0.39 is 47.8 Å². The summed E-state index contributed by atoms with van der Waals surface area (Å²) in [5.74, 6) is -4.93. The third kappa shape index (κ3) is 37.4. The van der Waals surface area contributed by atoms with Gasteiger partial charge in [-0.25, -0.2) is 9.59 Å². The van der Waals surface area contributed by atoms with Crippen molar-refractivity contribution in [3.8, 4) is 11.5 Å². The number of benzene rings is 8. The minimum atomic E-state index is -0.943. The fraction of sp³-hybridized carbons (Fsp3) is 0.344. The van der Waals surface area contributed by atoms with E-state index in [0.717, 1.165) is 33.4 Å². The first-order valence-electron chi connectivity index (χ1n) is 42.5. The van der Waals surface area contributed by atoms with Crippen molar-refractivity contribution in [1.29, 1.82) is 10.8 Å². The molecule has 0 heterocycles. The Kier molecular flexibility index (Phi) is 44.0. The van der Waals surface area contributed by atoms with Gasteiger partial charge in [-0.15, -0.1) is 0 Å². The van der Waals surface area contributed by atoms with Crippen molar-refractivity contribution >= 4 is 77.1 Å². The summed E-state index contributed by atoms with van der Waals surface area (Å²) in [5.41, 5.74) is 5.81.